The van der Waals surface area contributed by atoms with Crippen molar-refractivity contribution in [3.8, 4) is 5.88 Å². The van der Waals surface area contributed by atoms with Crippen molar-refractivity contribution < 1.29 is 4.74 Å². The first kappa shape index (κ1) is 7.78. The van der Waals surface area contributed by atoms with Gasteiger partial charge in [-0.05, 0) is 6.92 Å². The number of nitrogen functional groups attached to an aromatic ring is 1. The van der Waals surface area contributed by atoms with E-state index >= 15 is 0 Å². The lowest BCUT2D eigenvalue weighted by Crippen LogP contribution is -2.01. The molecule has 2 heterocycles. The minimum absolute atomic E-state index is 0.385. The molecule has 0 radical (unpaired) electrons. The molecule has 2 N–H and O–H groups in total. The van der Waals surface area contributed by atoms with Crippen molar-refractivity contribution in [1.82, 2.24) is 19.8 Å². The standard InChI is InChI=1S/C7H9N5O/c1-4-9-10-6-3-5(8)7(13-2)11-12(4)6/h3H,8H2,1-2H3. The van der Waals surface area contributed by atoms with Crippen molar-refractivity contribution in [3.63, 3.8) is 0 Å². The van der Waals surface area contributed by atoms with Crippen molar-refractivity contribution in [2.75, 3.05) is 12.8 Å². The molecule has 6 heteroatoms. The van der Waals surface area contributed by atoms with Crippen molar-refractivity contribution >= 4 is 11.3 Å². The highest BCUT2D eigenvalue weighted by Gasteiger charge is 2.07. The van der Waals surface area contributed by atoms with Gasteiger partial charge in [0.05, 0.1) is 7.11 Å². The molecule has 2 rings (SSSR count). The molecule has 6 nitrogen and oxygen atoms in total. The van der Waals surface area contributed by atoms with Crippen molar-refractivity contribution in [3.05, 3.63) is 11.9 Å². The summed E-state index contributed by atoms with van der Waals surface area (Å²) >= 11 is 0. The maximum absolute atomic E-state index is 5.64. The summed E-state index contributed by atoms with van der Waals surface area (Å²) in [5.74, 6) is 1.09. The van der Waals surface area contributed by atoms with Crippen LogP contribution in [0.4, 0.5) is 5.69 Å². The molecule has 2 aromatic heterocycles. The molecule has 0 aliphatic heterocycles. The number of hydrogen-bond donors (Lipinski definition) is 1. The summed E-state index contributed by atoms with van der Waals surface area (Å²) in [6.07, 6.45) is 0. The van der Waals surface area contributed by atoms with Gasteiger partial charge in [0, 0.05) is 6.07 Å². The Morgan fingerprint density at radius 2 is 2.23 bits per heavy atom. The van der Waals surface area contributed by atoms with Crippen LogP contribution in [0.15, 0.2) is 6.07 Å². The third-order valence-electron chi connectivity index (χ3n) is 1.74. The maximum Gasteiger partial charge on any atom is 0.255 e. The van der Waals surface area contributed by atoms with E-state index in [1.165, 1.54) is 7.11 Å². The average Bonchev–Trinajstić information content (AvgIpc) is 2.46. The zero-order valence-corrected chi connectivity index (χ0v) is 7.35. The number of fused-ring (bicyclic) bond motifs is 1. The molecule has 0 aliphatic rings. The summed E-state index contributed by atoms with van der Waals surface area (Å²) in [5, 5.41) is 11.8. The first-order valence-electron chi connectivity index (χ1n) is 3.75. The molecule has 0 aliphatic carbocycles. The number of aryl methyl sites for hydroxylation is 1. The van der Waals surface area contributed by atoms with E-state index in [4.69, 9.17) is 10.5 Å². The Balaban J connectivity index is 2.77. The fraction of sp³-hybridized carbons (Fsp3) is 0.286. The first-order valence-corrected chi connectivity index (χ1v) is 3.75. The minimum Gasteiger partial charge on any atom is -0.479 e. The van der Waals surface area contributed by atoms with E-state index in [1.54, 1.807) is 10.6 Å². The van der Waals surface area contributed by atoms with E-state index < -0.39 is 0 Å². The molecule has 68 valence electrons. The van der Waals surface area contributed by atoms with E-state index in [9.17, 15) is 0 Å². The summed E-state index contributed by atoms with van der Waals surface area (Å²) in [4.78, 5) is 0. The van der Waals surface area contributed by atoms with Crippen LogP contribution in [0, 0.1) is 6.92 Å². The lowest BCUT2D eigenvalue weighted by atomic mass is 10.4. The third-order valence-corrected chi connectivity index (χ3v) is 1.74. The summed E-state index contributed by atoms with van der Waals surface area (Å²) in [5.41, 5.74) is 6.72. The van der Waals surface area contributed by atoms with Crippen LogP contribution in [0.3, 0.4) is 0 Å². The van der Waals surface area contributed by atoms with E-state index in [0.717, 1.165) is 0 Å². The van der Waals surface area contributed by atoms with Crippen LogP contribution in [0.1, 0.15) is 5.82 Å². The second-order valence-corrected chi connectivity index (χ2v) is 2.63. The smallest absolute Gasteiger partial charge is 0.255 e. The van der Waals surface area contributed by atoms with Crippen molar-refractivity contribution in [2.24, 2.45) is 0 Å². The molecular weight excluding hydrogens is 170 g/mol. The van der Waals surface area contributed by atoms with Crippen LogP contribution in [-0.2, 0) is 0 Å². The van der Waals surface area contributed by atoms with Gasteiger partial charge in [-0.25, -0.2) is 0 Å². The second-order valence-electron chi connectivity index (χ2n) is 2.63. The third kappa shape index (κ3) is 1.07. The molecule has 0 bridgehead atoms. The maximum atomic E-state index is 5.64. The van der Waals surface area contributed by atoms with Gasteiger partial charge in [-0.2, -0.15) is 4.52 Å². The zero-order valence-electron chi connectivity index (χ0n) is 7.35. The van der Waals surface area contributed by atoms with E-state index in [1.807, 2.05) is 6.92 Å². The van der Waals surface area contributed by atoms with Gasteiger partial charge >= 0.3 is 0 Å². The van der Waals surface area contributed by atoms with Crippen LogP contribution < -0.4 is 10.5 Å². The Bertz CT molecular complexity index is 449. The molecule has 0 atom stereocenters. The van der Waals surface area contributed by atoms with Crippen molar-refractivity contribution in [1.29, 1.82) is 0 Å². The summed E-state index contributed by atoms with van der Waals surface area (Å²) in [6.45, 7) is 1.81. The Hall–Kier alpha value is -1.85. The topological polar surface area (TPSA) is 78.3 Å². The van der Waals surface area contributed by atoms with E-state index in [2.05, 4.69) is 15.3 Å². The van der Waals surface area contributed by atoms with E-state index in [-0.39, 0.29) is 0 Å². The number of rotatable bonds is 1. The largest absolute Gasteiger partial charge is 0.479 e. The summed E-state index contributed by atoms with van der Waals surface area (Å²) in [7, 11) is 1.52. The Labute approximate surface area is 74.3 Å². The lowest BCUT2D eigenvalue weighted by Gasteiger charge is -2.02. The number of anilines is 1. The molecule has 0 saturated carbocycles. The highest BCUT2D eigenvalue weighted by Crippen LogP contribution is 2.18. The highest BCUT2D eigenvalue weighted by molar-refractivity contribution is 5.56. The van der Waals surface area contributed by atoms with Crippen LogP contribution in [0.25, 0.3) is 5.65 Å². The van der Waals surface area contributed by atoms with Crippen LogP contribution in [0.5, 0.6) is 5.88 Å². The van der Waals surface area contributed by atoms with Crippen LogP contribution in [0.2, 0.25) is 0 Å². The van der Waals surface area contributed by atoms with Gasteiger partial charge in [-0.3, -0.25) is 0 Å². The molecule has 0 unspecified atom stereocenters. The molecule has 0 amide bonds. The van der Waals surface area contributed by atoms with E-state index in [0.29, 0.717) is 23.0 Å². The van der Waals surface area contributed by atoms with Gasteiger partial charge in [0.2, 0.25) is 0 Å². The molecular formula is C7H9N5O. The highest BCUT2D eigenvalue weighted by atomic mass is 16.5. The number of nitrogens with two attached hydrogens (primary N) is 1. The number of hydrogen-bond acceptors (Lipinski definition) is 5. The molecule has 0 fully saturated rings. The number of aromatic nitrogens is 4. The van der Waals surface area contributed by atoms with Gasteiger partial charge in [0.15, 0.2) is 11.5 Å². The molecule has 0 spiro atoms. The Kier molecular flexibility index (Phi) is 1.54. The Morgan fingerprint density at radius 1 is 1.46 bits per heavy atom. The minimum atomic E-state index is 0.385. The second kappa shape index (κ2) is 2.58. The quantitative estimate of drug-likeness (QED) is 0.667. The normalized spacial score (nSPS) is 10.6. The van der Waals surface area contributed by atoms with Gasteiger partial charge in [0.25, 0.3) is 5.88 Å². The predicted molar refractivity (Wildman–Crippen MR) is 46.5 cm³/mol. The average molecular weight is 179 g/mol. The number of ether oxygens (including phenoxy) is 1. The zero-order chi connectivity index (χ0) is 9.42. The summed E-state index contributed by atoms with van der Waals surface area (Å²) in [6, 6.07) is 1.67. The Morgan fingerprint density at radius 3 is 2.92 bits per heavy atom. The lowest BCUT2D eigenvalue weighted by molar-refractivity contribution is 0.392. The van der Waals surface area contributed by atoms with Gasteiger partial charge in [0.1, 0.15) is 5.69 Å². The summed E-state index contributed by atoms with van der Waals surface area (Å²) < 4.78 is 6.54. The first-order chi connectivity index (χ1) is 6.22. The number of methoxy groups -OCH3 is 1. The van der Waals surface area contributed by atoms with Crippen molar-refractivity contribution in [2.45, 2.75) is 6.92 Å². The predicted octanol–water partition coefficient (Wildman–Crippen LogP) is 0.0235. The molecule has 13 heavy (non-hydrogen) atoms. The van der Waals surface area contributed by atoms with Gasteiger partial charge in [-0.15, -0.1) is 15.3 Å². The fourth-order valence-corrected chi connectivity index (χ4v) is 1.10. The van der Waals surface area contributed by atoms with Crippen LogP contribution >= 0.6 is 0 Å². The monoisotopic (exact) mass is 179 g/mol. The van der Waals surface area contributed by atoms with Crippen LogP contribution in [-0.4, -0.2) is 26.9 Å². The SMILES string of the molecule is COc1nn2c(C)nnc2cc1N. The fourth-order valence-electron chi connectivity index (χ4n) is 1.10. The molecule has 2 aromatic rings. The molecule has 0 aromatic carbocycles. The molecule has 0 saturated heterocycles. The number of nitrogens with zero attached hydrogens (tertiary/aromatic N) is 4. The van der Waals surface area contributed by atoms with Gasteiger partial charge in [-0.1, -0.05) is 0 Å². The van der Waals surface area contributed by atoms with Gasteiger partial charge < -0.3 is 10.5 Å².